The van der Waals surface area contributed by atoms with E-state index in [4.69, 9.17) is 4.74 Å². The molecule has 0 radical (unpaired) electrons. The summed E-state index contributed by atoms with van der Waals surface area (Å²) in [6.07, 6.45) is 2.26. The van der Waals surface area contributed by atoms with Crippen LogP contribution in [-0.4, -0.2) is 46.8 Å². The predicted octanol–water partition coefficient (Wildman–Crippen LogP) is 2.63. The van der Waals surface area contributed by atoms with Crippen LogP contribution in [0.3, 0.4) is 0 Å². The molecule has 9 atom stereocenters. The highest BCUT2D eigenvalue weighted by Gasteiger charge is 2.70. The minimum Gasteiger partial charge on any atom is -0.460 e. The molecule has 2 bridgehead atoms. The molecule has 0 saturated heterocycles. The van der Waals surface area contributed by atoms with Gasteiger partial charge in [-0.25, -0.2) is 4.79 Å². The Balaban J connectivity index is 2.25. The summed E-state index contributed by atoms with van der Waals surface area (Å²) >= 11 is 0. The number of hydrogen-bond donors (Lipinski definition) is 2. The lowest BCUT2D eigenvalue weighted by Gasteiger charge is -2.61. The van der Waals surface area contributed by atoms with Gasteiger partial charge in [-0.15, -0.1) is 6.58 Å². The van der Waals surface area contributed by atoms with Gasteiger partial charge in [0.1, 0.15) is 12.7 Å². The van der Waals surface area contributed by atoms with Crippen molar-refractivity contribution >= 4 is 11.8 Å². The first-order chi connectivity index (χ1) is 13.5. The molecule has 2 N–H and O–H groups in total. The summed E-state index contributed by atoms with van der Waals surface area (Å²) in [6, 6.07) is -0.943. The molecule has 3 rings (SSSR count). The Kier molecular flexibility index (Phi) is 5.54. The van der Waals surface area contributed by atoms with Crippen LogP contribution in [0, 0.1) is 38.9 Å². The second kappa shape index (κ2) is 7.27. The molecule has 3 fully saturated rings. The summed E-state index contributed by atoms with van der Waals surface area (Å²) < 4.78 is 5.73. The minimum absolute atomic E-state index is 0.0444. The molecule has 0 aromatic rings. The lowest BCUT2D eigenvalue weighted by molar-refractivity contribution is -0.207. The van der Waals surface area contributed by atoms with Crippen LogP contribution in [-0.2, 0) is 14.3 Å². The van der Waals surface area contributed by atoms with Crippen molar-refractivity contribution in [3.63, 3.8) is 0 Å². The Morgan fingerprint density at radius 1 is 1.34 bits per heavy atom. The van der Waals surface area contributed by atoms with E-state index in [-0.39, 0.29) is 24.0 Å². The SMILES string of the molecule is C=C[C@]1(C)C[C@@H](OC(=O)CO)[C@]2(C)[C@H](C)CC[C@]3(C[C@@H](N=O)C(=O)[C@H]32)[C@@H](C)[C@@H]1O. The van der Waals surface area contributed by atoms with Crippen LogP contribution in [0.15, 0.2) is 17.8 Å². The number of aliphatic hydroxyl groups excluding tert-OH is 2. The van der Waals surface area contributed by atoms with E-state index in [1.54, 1.807) is 6.08 Å². The van der Waals surface area contributed by atoms with E-state index in [0.29, 0.717) is 12.8 Å². The topological polar surface area (TPSA) is 113 Å². The van der Waals surface area contributed by atoms with Gasteiger partial charge in [0, 0.05) is 16.7 Å². The molecule has 0 aromatic heterocycles. The van der Waals surface area contributed by atoms with Crippen molar-refractivity contribution in [1.82, 2.24) is 0 Å². The highest BCUT2D eigenvalue weighted by Crippen LogP contribution is 2.68. The Bertz CT molecular complexity index is 724. The molecule has 162 valence electrons. The summed E-state index contributed by atoms with van der Waals surface area (Å²) in [5.41, 5.74) is -2.09. The second-order valence-electron chi connectivity index (χ2n) is 9.98. The normalized spacial score (nSPS) is 49.5. The average Bonchev–Trinajstić information content (AvgIpc) is 3.01. The number of aliphatic hydroxyl groups is 2. The number of carbonyl (C=O) groups is 2. The van der Waals surface area contributed by atoms with Crippen LogP contribution < -0.4 is 0 Å². The maximum Gasteiger partial charge on any atom is 0.332 e. The molecule has 0 amide bonds. The number of Topliss-reactive ketones (excluding diaryl/α,β-unsaturated/α-hetero) is 1. The lowest BCUT2D eigenvalue weighted by atomic mass is 9.44. The molecular formula is C22H33NO6. The highest BCUT2D eigenvalue weighted by atomic mass is 16.6. The van der Waals surface area contributed by atoms with Crippen molar-refractivity contribution < 1.29 is 24.5 Å². The third kappa shape index (κ3) is 2.92. The van der Waals surface area contributed by atoms with E-state index in [1.165, 1.54) is 0 Å². The van der Waals surface area contributed by atoms with Gasteiger partial charge in [-0.2, -0.15) is 4.91 Å². The third-order valence-corrected chi connectivity index (χ3v) is 8.86. The van der Waals surface area contributed by atoms with Gasteiger partial charge in [-0.1, -0.05) is 38.9 Å². The monoisotopic (exact) mass is 407 g/mol. The number of nitrogens with zero attached hydrogens (tertiary/aromatic N) is 1. The van der Waals surface area contributed by atoms with Crippen LogP contribution >= 0.6 is 0 Å². The van der Waals surface area contributed by atoms with Gasteiger partial charge in [0.15, 0.2) is 11.8 Å². The van der Waals surface area contributed by atoms with Gasteiger partial charge >= 0.3 is 5.97 Å². The zero-order valence-electron chi connectivity index (χ0n) is 17.8. The zero-order chi connectivity index (χ0) is 21.8. The molecule has 0 spiro atoms. The van der Waals surface area contributed by atoms with Crippen molar-refractivity contribution in [3.05, 3.63) is 17.6 Å². The summed E-state index contributed by atoms with van der Waals surface area (Å²) in [7, 11) is 0. The van der Waals surface area contributed by atoms with Crippen LogP contribution in [0.2, 0.25) is 0 Å². The predicted molar refractivity (Wildman–Crippen MR) is 107 cm³/mol. The smallest absolute Gasteiger partial charge is 0.332 e. The van der Waals surface area contributed by atoms with Gasteiger partial charge in [-0.3, -0.25) is 4.79 Å². The number of rotatable bonds is 4. The van der Waals surface area contributed by atoms with Crippen molar-refractivity contribution in [2.75, 3.05) is 6.61 Å². The van der Waals surface area contributed by atoms with E-state index in [9.17, 15) is 24.7 Å². The van der Waals surface area contributed by atoms with E-state index in [2.05, 4.69) is 11.8 Å². The molecule has 0 unspecified atom stereocenters. The maximum absolute atomic E-state index is 13.4. The van der Waals surface area contributed by atoms with Crippen LogP contribution in [0.4, 0.5) is 0 Å². The minimum atomic E-state index is -0.943. The molecule has 7 heteroatoms. The van der Waals surface area contributed by atoms with Gasteiger partial charge in [0.25, 0.3) is 0 Å². The number of esters is 1. The quantitative estimate of drug-likeness (QED) is 0.421. The largest absolute Gasteiger partial charge is 0.460 e. The van der Waals surface area contributed by atoms with E-state index >= 15 is 0 Å². The second-order valence-corrected chi connectivity index (χ2v) is 9.98. The number of hydrogen-bond acceptors (Lipinski definition) is 7. The molecule has 7 nitrogen and oxygen atoms in total. The van der Waals surface area contributed by atoms with Crippen molar-refractivity contribution in [2.45, 2.75) is 71.6 Å². The molecule has 3 aliphatic carbocycles. The Morgan fingerprint density at radius 3 is 2.55 bits per heavy atom. The molecular weight excluding hydrogens is 374 g/mol. The van der Waals surface area contributed by atoms with E-state index in [0.717, 1.165) is 6.42 Å². The number of nitroso groups, excluding NO2 is 1. The van der Waals surface area contributed by atoms with Crippen molar-refractivity contribution in [2.24, 2.45) is 39.2 Å². The third-order valence-electron chi connectivity index (χ3n) is 8.86. The molecule has 29 heavy (non-hydrogen) atoms. The number of ether oxygens (including phenoxy) is 1. The van der Waals surface area contributed by atoms with Crippen LogP contribution in [0.25, 0.3) is 0 Å². The van der Waals surface area contributed by atoms with Crippen LogP contribution in [0.5, 0.6) is 0 Å². The maximum atomic E-state index is 13.4. The average molecular weight is 408 g/mol. The molecule has 0 aliphatic heterocycles. The molecule has 0 heterocycles. The molecule has 0 aromatic carbocycles. The van der Waals surface area contributed by atoms with E-state index < -0.39 is 53.0 Å². The Morgan fingerprint density at radius 2 is 2.00 bits per heavy atom. The number of ketones is 1. The van der Waals surface area contributed by atoms with Gasteiger partial charge in [-0.05, 0) is 42.9 Å². The summed E-state index contributed by atoms with van der Waals surface area (Å²) in [4.78, 5) is 37.0. The standard InChI is InChI=1S/C22H33NO6/c1-6-20(4)10-15(29-16(25)11-24)21(5)12(2)7-8-22(13(3)19(20)27)9-14(23-28)17(26)18(21)22/h6,12-15,18-19,24,27H,1,7-11H2,2-5H3/t12-,13+,14-,15-,18+,19+,20-,21+,22+/m1/s1. The zero-order valence-corrected chi connectivity index (χ0v) is 17.8. The Hall–Kier alpha value is -1.60. The fourth-order valence-corrected chi connectivity index (χ4v) is 6.77. The number of carbonyl (C=O) groups excluding carboxylic acids is 2. The Labute approximate surface area is 171 Å². The summed E-state index contributed by atoms with van der Waals surface area (Å²) in [6.45, 7) is 11.0. The first-order valence-corrected chi connectivity index (χ1v) is 10.5. The summed E-state index contributed by atoms with van der Waals surface area (Å²) in [5, 5.41) is 23.8. The van der Waals surface area contributed by atoms with Gasteiger partial charge < -0.3 is 14.9 Å². The fourth-order valence-electron chi connectivity index (χ4n) is 6.77. The first kappa shape index (κ1) is 22.1. The lowest BCUT2D eigenvalue weighted by Crippen LogP contribution is -2.63. The van der Waals surface area contributed by atoms with E-state index in [1.807, 2.05) is 27.7 Å². The fraction of sp³-hybridized carbons (Fsp3) is 0.818. The van der Waals surface area contributed by atoms with Gasteiger partial charge in [0.2, 0.25) is 0 Å². The van der Waals surface area contributed by atoms with Crippen molar-refractivity contribution in [1.29, 1.82) is 0 Å². The molecule has 3 saturated carbocycles. The van der Waals surface area contributed by atoms with Crippen LogP contribution in [0.1, 0.15) is 53.4 Å². The first-order valence-electron chi connectivity index (χ1n) is 10.5. The summed E-state index contributed by atoms with van der Waals surface area (Å²) in [5.74, 6) is -1.72. The van der Waals surface area contributed by atoms with Crippen molar-refractivity contribution in [3.8, 4) is 0 Å². The molecule has 3 aliphatic rings. The van der Waals surface area contributed by atoms with Gasteiger partial charge in [0.05, 0.1) is 6.10 Å². The highest BCUT2D eigenvalue weighted by molar-refractivity contribution is 5.91.